The second-order valence-corrected chi connectivity index (χ2v) is 4.39. The highest BCUT2D eigenvalue weighted by molar-refractivity contribution is 5.86. The third-order valence-corrected chi connectivity index (χ3v) is 2.85. The molecule has 0 amide bonds. The number of aromatic nitrogens is 4. The van der Waals surface area contributed by atoms with E-state index in [4.69, 9.17) is 4.42 Å². The maximum atomic E-state index is 5.30. The number of nitrogens with zero attached hydrogens (tertiary/aromatic N) is 3. The molecule has 0 saturated heterocycles. The fourth-order valence-corrected chi connectivity index (χ4v) is 1.87. The van der Waals surface area contributed by atoms with Crippen LogP contribution in [0.25, 0.3) is 11.0 Å². The Morgan fingerprint density at radius 1 is 1.30 bits per heavy atom. The Morgan fingerprint density at radius 2 is 2.25 bits per heavy atom. The number of H-pyrrole nitrogens is 1. The number of fused-ring (bicyclic) bond motifs is 1. The van der Waals surface area contributed by atoms with E-state index >= 15 is 0 Å². The van der Waals surface area contributed by atoms with Crippen molar-refractivity contribution in [3.8, 4) is 0 Å². The molecule has 0 aliphatic rings. The lowest BCUT2D eigenvalue weighted by molar-refractivity contribution is 0.518. The molecule has 0 unspecified atom stereocenters. The summed E-state index contributed by atoms with van der Waals surface area (Å²) in [4.78, 5) is 8.85. The lowest BCUT2D eigenvalue weighted by Gasteiger charge is -2.08. The average molecular weight is 272 g/mol. The van der Waals surface area contributed by atoms with E-state index in [1.165, 1.54) is 0 Å². The van der Waals surface area contributed by atoms with Crippen LogP contribution in [0.15, 0.2) is 29.0 Å². The topological polar surface area (TPSA) is 91.7 Å². The van der Waals surface area contributed by atoms with E-state index in [0.29, 0.717) is 18.1 Å². The quantitative estimate of drug-likeness (QED) is 0.638. The fourth-order valence-electron chi connectivity index (χ4n) is 1.87. The van der Waals surface area contributed by atoms with Crippen molar-refractivity contribution in [1.82, 2.24) is 20.2 Å². The number of furan rings is 1. The van der Waals surface area contributed by atoms with Crippen molar-refractivity contribution in [2.75, 3.05) is 17.2 Å². The van der Waals surface area contributed by atoms with Gasteiger partial charge in [0.15, 0.2) is 5.65 Å². The highest BCUT2D eigenvalue weighted by Crippen LogP contribution is 2.20. The summed E-state index contributed by atoms with van der Waals surface area (Å²) < 4.78 is 5.30. The first-order chi connectivity index (χ1) is 9.86. The summed E-state index contributed by atoms with van der Waals surface area (Å²) >= 11 is 0. The van der Waals surface area contributed by atoms with Crippen LogP contribution in [0.1, 0.15) is 19.1 Å². The molecule has 7 nitrogen and oxygen atoms in total. The normalized spacial score (nSPS) is 10.8. The monoisotopic (exact) mass is 272 g/mol. The molecule has 3 N–H and O–H groups in total. The van der Waals surface area contributed by atoms with Crippen LogP contribution in [0, 0.1) is 0 Å². The number of nitrogens with one attached hydrogen (secondary N) is 3. The number of hydrogen-bond acceptors (Lipinski definition) is 6. The highest BCUT2D eigenvalue weighted by Gasteiger charge is 2.09. The number of hydrogen-bond donors (Lipinski definition) is 3. The summed E-state index contributed by atoms with van der Waals surface area (Å²) in [6.07, 6.45) is 4.38. The van der Waals surface area contributed by atoms with E-state index in [0.717, 1.165) is 29.9 Å². The third-order valence-electron chi connectivity index (χ3n) is 2.85. The Hall–Kier alpha value is -2.57. The third kappa shape index (κ3) is 2.56. The van der Waals surface area contributed by atoms with E-state index in [2.05, 4.69) is 37.7 Å². The molecule has 0 aliphatic heterocycles. The van der Waals surface area contributed by atoms with Crippen molar-refractivity contribution < 1.29 is 4.42 Å². The summed E-state index contributed by atoms with van der Waals surface area (Å²) in [6.45, 7) is 3.49. The van der Waals surface area contributed by atoms with Crippen molar-refractivity contribution in [2.45, 2.75) is 19.9 Å². The van der Waals surface area contributed by atoms with E-state index in [1.54, 1.807) is 12.5 Å². The van der Waals surface area contributed by atoms with Crippen LogP contribution in [-0.4, -0.2) is 26.7 Å². The summed E-state index contributed by atoms with van der Waals surface area (Å²) in [5.74, 6) is 2.17. The van der Waals surface area contributed by atoms with E-state index in [-0.39, 0.29) is 0 Å². The lowest BCUT2D eigenvalue weighted by Crippen LogP contribution is -2.08. The first kappa shape index (κ1) is 12.5. The number of anilines is 2. The van der Waals surface area contributed by atoms with Gasteiger partial charge >= 0.3 is 0 Å². The zero-order chi connectivity index (χ0) is 13.8. The molecule has 3 aromatic heterocycles. The molecule has 104 valence electrons. The fraction of sp³-hybridized carbons (Fsp3) is 0.308. The SMILES string of the molecule is CCCNc1nc(NCc2ccco2)c2cn[nH]c2n1. The lowest BCUT2D eigenvalue weighted by atomic mass is 10.3. The second kappa shape index (κ2) is 5.60. The van der Waals surface area contributed by atoms with Crippen LogP contribution in [0.3, 0.4) is 0 Å². The smallest absolute Gasteiger partial charge is 0.226 e. The van der Waals surface area contributed by atoms with Gasteiger partial charge < -0.3 is 15.1 Å². The van der Waals surface area contributed by atoms with Crippen molar-refractivity contribution in [2.24, 2.45) is 0 Å². The molecule has 3 aromatic rings. The Balaban J connectivity index is 1.85. The molecule has 0 saturated carbocycles. The molecule has 0 atom stereocenters. The standard InChI is InChI=1S/C13H16N6O/c1-2-5-14-13-17-11(10-8-16-19-12(10)18-13)15-7-9-4-3-6-20-9/h3-4,6,8H,2,5,7H2,1H3,(H3,14,15,16,17,18,19). The molecule has 7 heteroatoms. The molecule has 0 radical (unpaired) electrons. The summed E-state index contributed by atoms with van der Waals surface area (Å²) in [5.41, 5.74) is 0.709. The van der Waals surface area contributed by atoms with E-state index < -0.39 is 0 Å². The van der Waals surface area contributed by atoms with Gasteiger partial charge in [-0.25, -0.2) is 0 Å². The predicted octanol–water partition coefficient (Wildman–Crippen LogP) is 2.38. The molecule has 0 aliphatic carbocycles. The van der Waals surface area contributed by atoms with Crippen LogP contribution in [0.2, 0.25) is 0 Å². The molecule has 0 aromatic carbocycles. The Morgan fingerprint density at radius 3 is 3.05 bits per heavy atom. The Labute approximate surface area is 115 Å². The van der Waals surface area contributed by atoms with E-state index in [9.17, 15) is 0 Å². The van der Waals surface area contributed by atoms with Gasteiger partial charge in [-0.1, -0.05) is 6.92 Å². The van der Waals surface area contributed by atoms with Crippen LogP contribution in [0.4, 0.5) is 11.8 Å². The van der Waals surface area contributed by atoms with Crippen molar-refractivity contribution in [1.29, 1.82) is 0 Å². The van der Waals surface area contributed by atoms with Gasteiger partial charge in [0, 0.05) is 6.54 Å². The van der Waals surface area contributed by atoms with Crippen LogP contribution < -0.4 is 10.6 Å². The van der Waals surface area contributed by atoms with Gasteiger partial charge in [-0.15, -0.1) is 0 Å². The highest BCUT2D eigenvalue weighted by atomic mass is 16.3. The second-order valence-electron chi connectivity index (χ2n) is 4.39. The Kier molecular flexibility index (Phi) is 3.49. The van der Waals surface area contributed by atoms with Crippen molar-refractivity contribution in [3.05, 3.63) is 30.4 Å². The van der Waals surface area contributed by atoms with Gasteiger partial charge in [-0.05, 0) is 18.6 Å². The van der Waals surface area contributed by atoms with Gasteiger partial charge in [0.1, 0.15) is 11.6 Å². The maximum Gasteiger partial charge on any atom is 0.226 e. The molecule has 0 fully saturated rings. The summed E-state index contributed by atoms with van der Waals surface area (Å²) in [6, 6.07) is 3.77. The van der Waals surface area contributed by atoms with Crippen LogP contribution in [-0.2, 0) is 6.54 Å². The van der Waals surface area contributed by atoms with Gasteiger partial charge in [0.2, 0.25) is 5.95 Å². The summed E-state index contributed by atoms with van der Waals surface area (Å²) in [5, 5.41) is 14.2. The first-order valence-corrected chi connectivity index (χ1v) is 6.58. The molecule has 3 rings (SSSR count). The minimum absolute atomic E-state index is 0.567. The van der Waals surface area contributed by atoms with Crippen LogP contribution in [0.5, 0.6) is 0 Å². The zero-order valence-corrected chi connectivity index (χ0v) is 11.2. The van der Waals surface area contributed by atoms with E-state index in [1.807, 2.05) is 12.1 Å². The Bertz CT molecular complexity index is 675. The molecular formula is C13H16N6O. The van der Waals surface area contributed by atoms with Gasteiger partial charge in [-0.3, -0.25) is 5.10 Å². The molecule has 20 heavy (non-hydrogen) atoms. The largest absolute Gasteiger partial charge is 0.467 e. The van der Waals surface area contributed by atoms with Crippen molar-refractivity contribution >= 4 is 22.8 Å². The zero-order valence-electron chi connectivity index (χ0n) is 11.2. The molecule has 0 bridgehead atoms. The average Bonchev–Trinajstić information content (AvgIpc) is 3.13. The predicted molar refractivity (Wildman–Crippen MR) is 76.5 cm³/mol. The molecule has 3 heterocycles. The summed E-state index contributed by atoms with van der Waals surface area (Å²) in [7, 11) is 0. The minimum Gasteiger partial charge on any atom is -0.467 e. The van der Waals surface area contributed by atoms with Gasteiger partial charge in [-0.2, -0.15) is 15.1 Å². The maximum absolute atomic E-state index is 5.30. The number of aromatic amines is 1. The van der Waals surface area contributed by atoms with Crippen molar-refractivity contribution in [3.63, 3.8) is 0 Å². The molecule has 0 spiro atoms. The number of rotatable bonds is 6. The van der Waals surface area contributed by atoms with Gasteiger partial charge in [0.05, 0.1) is 24.4 Å². The molecular weight excluding hydrogens is 256 g/mol. The minimum atomic E-state index is 0.567. The van der Waals surface area contributed by atoms with Gasteiger partial charge in [0.25, 0.3) is 0 Å². The first-order valence-electron chi connectivity index (χ1n) is 6.58. The van der Waals surface area contributed by atoms with Crippen LogP contribution >= 0.6 is 0 Å².